The second-order valence-corrected chi connectivity index (χ2v) is 5.91. The average Bonchev–Trinajstić information content (AvgIpc) is 2.77. The van der Waals surface area contributed by atoms with E-state index in [1.165, 1.54) is 18.5 Å². The summed E-state index contributed by atoms with van der Waals surface area (Å²) in [7, 11) is 4.06. The highest BCUT2D eigenvalue weighted by Gasteiger charge is 2.14. The van der Waals surface area contributed by atoms with Gasteiger partial charge in [0, 0.05) is 51.5 Å². The molecule has 1 N–H and O–H groups in total. The van der Waals surface area contributed by atoms with E-state index in [0.717, 1.165) is 31.6 Å². The number of anilines is 2. The minimum atomic E-state index is 0.286. The minimum absolute atomic E-state index is 0.286. The van der Waals surface area contributed by atoms with Crippen LogP contribution >= 0.6 is 0 Å². The molecule has 0 saturated carbocycles. The van der Waals surface area contributed by atoms with Crippen molar-refractivity contribution in [2.45, 2.75) is 32.1 Å². The van der Waals surface area contributed by atoms with Crippen LogP contribution in [0, 0.1) is 0 Å². The van der Waals surface area contributed by atoms with Crippen molar-refractivity contribution < 1.29 is 4.79 Å². The molecule has 1 amide bonds. The number of likely N-dealkylation sites (tertiary alicyclic amines) is 1. The van der Waals surface area contributed by atoms with Gasteiger partial charge in [0.15, 0.2) is 0 Å². The Kier molecular flexibility index (Phi) is 5.90. The molecule has 4 nitrogen and oxygen atoms in total. The van der Waals surface area contributed by atoms with E-state index in [-0.39, 0.29) is 5.91 Å². The van der Waals surface area contributed by atoms with Crippen molar-refractivity contribution in [3.63, 3.8) is 0 Å². The van der Waals surface area contributed by atoms with Crippen LogP contribution in [0.25, 0.3) is 0 Å². The first kappa shape index (κ1) is 15.7. The molecule has 1 fully saturated rings. The first-order valence-corrected chi connectivity index (χ1v) is 7.96. The molecule has 0 aliphatic carbocycles. The molecule has 4 heteroatoms. The third-order valence-corrected chi connectivity index (χ3v) is 4.01. The van der Waals surface area contributed by atoms with Crippen LogP contribution in [0.1, 0.15) is 32.1 Å². The fraction of sp³-hybridized carbons (Fsp3) is 0.588. The van der Waals surface area contributed by atoms with Crippen LogP contribution in [0.3, 0.4) is 0 Å². The summed E-state index contributed by atoms with van der Waals surface area (Å²) in [5.41, 5.74) is 2.26. The lowest BCUT2D eigenvalue weighted by molar-refractivity contribution is -0.130. The van der Waals surface area contributed by atoms with Gasteiger partial charge in [0.25, 0.3) is 0 Å². The van der Waals surface area contributed by atoms with Gasteiger partial charge in [-0.15, -0.1) is 0 Å². The van der Waals surface area contributed by atoms with E-state index in [1.807, 2.05) is 19.0 Å². The second-order valence-electron chi connectivity index (χ2n) is 5.91. The maximum absolute atomic E-state index is 12.2. The smallest absolute Gasteiger partial charge is 0.224 e. The summed E-state index contributed by atoms with van der Waals surface area (Å²) in [6.45, 7) is 2.59. The molecule has 2 rings (SSSR count). The van der Waals surface area contributed by atoms with E-state index >= 15 is 0 Å². The average molecular weight is 289 g/mol. The number of benzene rings is 1. The molecule has 1 aliphatic rings. The largest absolute Gasteiger partial charge is 0.385 e. The van der Waals surface area contributed by atoms with Crippen LogP contribution < -0.4 is 10.2 Å². The molecule has 0 unspecified atom stereocenters. The highest BCUT2D eigenvalue weighted by atomic mass is 16.2. The van der Waals surface area contributed by atoms with E-state index in [1.54, 1.807) is 0 Å². The summed E-state index contributed by atoms with van der Waals surface area (Å²) in [6.07, 6.45) is 5.42. The first-order chi connectivity index (χ1) is 10.2. The molecular weight excluding hydrogens is 262 g/mol. The molecule has 21 heavy (non-hydrogen) atoms. The van der Waals surface area contributed by atoms with Crippen LogP contribution in [-0.2, 0) is 4.79 Å². The summed E-state index contributed by atoms with van der Waals surface area (Å²) in [4.78, 5) is 16.3. The van der Waals surface area contributed by atoms with Gasteiger partial charge in [0.2, 0.25) is 5.91 Å². The number of carbonyl (C=O) groups is 1. The summed E-state index contributed by atoms with van der Waals surface area (Å²) in [5.74, 6) is 0.286. The SMILES string of the molecule is CN(C)c1ccc(NCCC(=O)N2CCCCCC2)cc1. The molecule has 1 aromatic carbocycles. The quantitative estimate of drug-likeness (QED) is 0.905. The summed E-state index contributed by atoms with van der Waals surface area (Å²) >= 11 is 0. The van der Waals surface area contributed by atoms with Crippen molar-refractivity contribution in [3.05, 3.63) is 24.3 Å². The van der Waals surface area contributed by atoms with Crippen molar-refractivity contribution in [1.82, 2.24) is 4.90 Å². The topological polar surface area (TPSA) is 35.6 Å². The van der Waals surface area contributed by atoms with Crippen LogP contribution in [0.5, 0.6) is 0 Å². The van der Waals surface area contributed by atoms with Crippen molar-refractivity contribution in [2.75, 3.05) is 43.9 Å². The van der Waals surface area contributed by atoms with Gasteiger partial charge in [-0.25, -0.2) is 0 Å². The minimum Gasteiger partial charge on any atom is -0.385 e. The van der Waals surface area contributed by atoms with Crippen LogP contribution in [0.2, 0.25) is 0 Å². The van der Waals surface area contributed by atoms with E-state index < -0.39 is 0 Å². The van der Waals surface area contributed by atoms with Gasteiger partial charge in [0.05, 0.1) is 0 Å². The lowest BCUT2D eigenvalue weighted by Gasteiger charge is -2.20. The summed E-state index contributed by atoms with van der Waals surface area (Å²) in [5, 5.41) is 3.33. The Bertz CT molecular complexity index is 434. The number of nitrogens with one attached hydrogen (secondary N) is 1. The van der Waals surface area contributed by atoms with Gasteiger partial charge in [0.1, 0.15) is 0 Å². The molecule has 0 spiro atoms. The molecular formula is C17H27N3O. The van der Waals surface area contributed by atoms with E-state index in [2.05, 4.69) is 34.5 Å². The van der Waals surface area contributed by atoms with Gasteiger partial charge in [-0.1, -0.05) is 12.8 Å². The van der Waals surface area contributed by atoms with Gasteiger partial charge in [-0.2, -0.15) is 0 Å². The van der Waals surface area contributed by atoms with Crippen molar-refractivity contribution >= 4 is 17.3 Å². The molecule has 1 heterocycles. The number of rotatable bonds is 5. The second kappa shape index (κ2) is 7.91. The third-order valence-electron chi connectivity index (χ3n) is 4.01. The molecule has 0 aromatic heterocycles. The third kappa shape index (κ3) is 4.96. The Balaban J connectivity index is 1.74. The van der Waals surface area contributed by atoms with Crippen molar-refractivity contribution in [1.29, 1.82) is 0 Å². The zero-order chi connectivity index (χ0) is 15.1. The van der Waals surface area contributed by atoms with Gasteiger partial charge >= 0.3 is 0 Å². The fourth-order valence-electron chi connectivity index (χ4n) is 2.67. The molecule has 116 valence electrons. The standard InChI is InChI=1S/C17H27N3O/c1-19(2)16-9-7-15(8-10-16)18-12-11-17(21)20-13-5-3-4-6-14-20/h7-10,18H,3-6,11-14H2,1-2H3. The number of hydrogen-bond acceptors (Lipinski definition) is 3. The van der Waals surface area contributed by atoms with Crippen LogP contribution in [0.4, 0.5) is 11.4 Å². The maximum atomic E-state index is 12.2. The Morgan fingerprint density at radius 2 is 1.71 bits per heavy atom. The van der Waals surface area contributed by atoms with Crippen molar-refractivity contribution in [2.24, 2.45) is 0 Å². The van der Waals surface area contributed by atoms with Gasteiger partial charge in [-0.3, -0.25) is 4.79 Å². The highest BCUT2D eigenvalue weighted by Crippen LogP contribution is 2.16. The molecule has 0 atom stereocenters. The molecule has 0 radical (unpaired) electrons. The van der Waals surface area contributed by atoms with E-state index in [9.17, 15) is 4.79 Å². The lowest BCUT2D eigenvalue weighted by Crippen LogP contribution is -2.32. The number of amides is 1. The molecule has 1 aromatic rings. The molecule has 1 aliphatic heterocycles. The Morgan fingerprint density at radius 1 is 1.10 bits per heavy atom. The lowest BCUT2D eigenvalue weighted by atomic mass is 10.2. The Morgan fingerprint density at radius 3 is 2.29 bits per heavy atom. The first-order valence-electron chi connectivity index (χ1n) is 7.96. The zero-order valence-corrected chi connectivity index (χ0v) is 13.3. The number of nitrogens with zero attached hydrogens (tertiary/aromatic N) is 2. The van der Waals surface area contributed by atoms with Crippen molar-refractivity contribution in [3.8, 4) is 0 Å². The molecule has 0 bridgehead atoms. The summed E-state index contributed by atoms with van der Waals surface area (Å²) in [6, 6.07) is 8.29. The fourth-order valence-corrected chi connectivity index (χ4v) is 2.67. The number of carbonyl (C=O) groups excluding carboxylic acids is 1. The molecule has 1 saturated heterocycles. The maximum Gasteiger partial charge on any atom is 0.224 e. The Hall–Kier alpha value is -1.71. The van der Waals surface area contributed by atoms with Gasteiger partial charge in [-0.05, 0) is 37.1 Å². The summed E-state index contributed by atoms with van der Waals surface area (Å²) < 4.78 is 0. The van der Waals surface area contributed by atoms with Crippen LogP contribution in [0.15, 0.2) is 24.3 Å². The normalized spacial score (nSPS) is 15.4. The Labute approximate surface area is 128 Å². The highest BCUT2D eigenvalue weighted by molar-refractivity contribution is 5.76. The predicted octanol–water partition coefficient (Wildman–Crippen LogP) is 2.96. The number of hydrogen-bond donors (Lipinski definition) is 1. The monoisotopic (exact) mass is 289 g/mol. The van der Waals surface area contributed by atoms with Gasteiger partial charge < -0.3 is 15.1 Å². The van der Waals surface area contributed by atoms with E-state index in [0.29, 0.717) is 13.0 Å². The van der Waals surface area contributed by atoms with Crippen LogP contribution in [-0.4, -0.2) is 44.5 Å². The van der Waals surface area contributed by atoms with E-state index in [4.69, 9.17) is 0 Å². The zero-order valence-electron chi connectivity index (χ0n) is 13.3. The predicted molar refractivity (Wildman–Crippen MR) is 88.9 cm³/mol.